The number of aliphatic carboxylic acids is 1. The number of benzene rings is 1. The number of carboxylic acids is 1. The van der Waals surface area contributed by atoms with Gasteiger partial charge in [-0.3, -0.25) is 14.4 Å². The molecule has 0 aliphatic carbocycles. The van der Waals surface area contributed by atoms with E-state index in [0.717, 1.165) is 0 Å². The molecule has 0 fully saturated rings. The van der Waals surface area contributed by atoms with E-state index >= 15 is 0 Å². The molecule has 0 unspecified atom stereocenters. The van der Waals surface area contributed by atoms with Crippen LogP contribution in [0.2, 0.25) is 0 Å². The molecule has 0 aliphatic rings. The average molecular weight is 310 g/mol. The van der Waals surface area contributed by atoms with Gasteiger partial charge in [0.05, 0.1) is 0 Å². The van der Waals surface area contributed by atoms with E-state index in [2.05, 4.69) is 10.6 Å². The van der Waals surface area contributed by atoms with Crippen LogP contribution in [0.15, 0.2) is 24.3 Å². The maximum atomic E-state index is 12.1. The third kappa shape index (κ3) is 5.80. The summed E-state index contributed by atoms with van der Waals surface area (Å²) in [6.45, 7) is -0.615. The van der Waals surface area contributed by atoms with Crippen molar-refractivity contribution in [2.24, 2.45) is 0 Å². The van der Waals surface area contributed by atoms with E-state index in [1.54, 1.807) is 0 Å². The quantitative estimate of drug-likeness (QED) is 0.412. The predicted octanol–water partition coefficient (Wildman–Crippen LogP) is -0.477. The molecular weight excluding hydrogens is 292 g/mol. The Hall–Kier alpha value is -2.61. The molecule has 0 spiro atoms. The number of phenols is 1. The van der Waals surface area contributed by atoms with Gasteiger partial charge >= 0.3 is 5.97 Å². The van der Waals surface area contributed by atoms with Crippen LogP contribution >= 0.6 is 0 Å². The molecule has 22 heavy (non-hydrogen) atoms. The summed E-state index contributed by atoms with van der Waals surface area (Å²) in [7, 11) is 0. The van der Waals surface area contributed by atoms with Gasteiger partial charge in [-0.1, -0.05) is 12.1 Å². The minimum Gasteiger partial charge on any atom is -0.508 e. The van der Waals surface area contributed by atoms with E-state index in [1.807, 2.05) is 0 Å². The molecule has 2 amide bonds. The number of carboxylic acid groups (broad SMARTS) is 1. The first-order valence-electron chi connectivity index (χ1n) is 6.62. The Morgan fingerprint density at radius 1 is 1.14 bits per heavy atom. The van der Waals surface area contributed by atoms with E-state index in [-0.39, 0.29) is 25.1 Å². The highest BCUT2D eigenvalue weighted by molar-refractivity contribution is 5.89. The molecule has 1 aromatic rings. The van der Waals surface area contributed by atoms with Crippen molar-refractivity contribution < 1.29 is 29.7 Å². The van der Waals surface area contributed by atoms with Gasteiger partial charge in [0, 0.05) is 13.0 Å². The van der Waals surface area contributed by atoms with Gasteiger partial charge in [-0.05, 0) is 24.1 Å². The Balaban J connectivity index is 2.72. The van der Waals surface area contributed by atoms with Crippen molar-refractivity contribution in [2.45, 2.75) is 18.9 Å². The normalized spacial score (nSPS) is 11.5. The van der Waals surface area contributed by atoms with Crippen molar-refractivity contribution in [3.63, 3.8) is 0 Å². The molecule has 8 nitrogen and oxygen atoms in total. The van der Waals surface area contributed by atoms with Crippen molar-refractivity contribution in [2.75, 3.05) is 13.2 Å². The van der Waals surface area contributed by atoms with Crippen molar-refractivity contribution in [1.29, 1.82) is 0 Å². The number of phenolic OH excluding ortho intramolecular Hbond substituents is 1. The van der Waals surface area contributed by atoms with E-state index < -0.39 is 30.4 Å². The van der Waals surface area contributed by atoms with Gasteiger partial charge < -0.3 is 26.0 Å². The van der Waals surface area contributed by atoms with Crippen LogP contribution in [0.25, 0.3) is 0 Å². The van der Waals surface area contributed by atoms with Crippen molar-refractivity contribution in [1.82, 2.24) is 10.6 Å². The number of aromatic hydroxyl groups is 1. The van der Waals surface area contributed by atoms with Gasteiger partial charge in [0.2, 0.25) is 11.8 Å². The zero-order valence-electron chi connectivity index (χ0n) is 11.8. The number of hydrogen-bond donors (Lipinski definition) is 5. The lowest BCUT2D eigenvalue weighted by molar-refractivity contribution is -0.137. The largest absolute Gasteiger partial charge is 0.508 e. The molecule has 0 radical (unpaired) electrons. The van der Waals surface area contributed by atoms with Gasteiger partial charge in [-0.25, -0.2) is 0 Å². The molecule has 0 saturated carbocycles. The summed E-state index contributed by atoms with van der Waals surface area (Å²) in [5, 5.41) is 31.4. The first-order valence-corrected chi connectivity index (χ1v) is 6.62. The highest BCUT2D eigenvalue weighted by Crippen LogP contribution is 2.17. The molecule has 0 heterocycles. The fraction of sp³-hybridized carbons (Fsp3) is 0.357. The van der Waals surface area contributed by atoms with Gasteiger partial charge in [0.1, 0.15) is 18.4 Å². The molecular formula is C14H18N2O6. The summed E-state index contributed by atoms with van der Waals surface area (Å²) >= 11 is 0. The monoisotopic (exact) mass is 310 g/mol. The number of rotatable bonds is 8. The molecule has 0 bridgehead atoms. The molecule has 1 aromatic carbocycles. The number of amides is 2. The van der Waals surface area contributed by atoms with Crippen LogP contribution in [0.3, 0.4) is 0 Å². The number of carbonyl (C=O) groups excluding carboxylic acids is 2. The number of aliphatic hydroxyl groups excluding tert-OH is 1. The Morgan fingerprint density at radius 3 is 2.32 bits per heavy atom. The Labute approximate surface area is 126 Å². The minimum absolute atomic E-state index is 0.0119. The molecule has 5 N–H and O–H groups in total. The SMILES string of the molecule is O=C(O)CCCNC(=O)[C@H](NC(=O)CO)c1ccc(O)cc1. The lowest BCUT2D eigenvalue weighted by atomic mass is 10.1. The summed E-state index contributed by atoms with van der Waals surface area (Å²) < 4.78 is 0. The predicted molar refractivity (Wildman–Crippen MR) is 76.0 cm³/mol. The van der Waals surface area contributed by atoms with Gasteiger partial charge in [0.25, 0.3) is 0 Å². The van der Waals surface area contributed by atoms with Gasteiger partial charge in [-0.2, -0.15) is 0 Å². The second kappa shape index (κ2) is 8.63. The highest BCUT2D eigenvalue weighted by atomic mass is 16.4. The zero-order chi connectivity index (χ0) is 16.5. The van der Waals surface area contributed by atoms with E-state index in [9.17, 15) is 19.5 Å². The van der Waals surface area contributed by atoms with Crippen molar-refractivity contribution >= 4 is 17.8 Å². The maximum absolute atomic E-state index is 12.1. The number of carbonyl (C=O) groups is 3. The van der Waals surface area contributed by atoms with Crippen LogP contribution in [0.4, 0.5) is 0 Å². The van der Waals surface area contributed by atoms with Crippen LogP contribution in [-0.4, -0.2) is 46.3 Å². The fourth-order valence-corrected chi connectivity index (χ4v) is 1.73. The number of nitrogens with one attached hydrogen (secondary N) is 2. The second-order valence-corrected chi connectivity index (χ2v) is 4.54. The van der Waals surface area contributed by atoms with Crippen molar-refractivity contribution in [3.05, 3.63) is 29.8 Å². The third-order valence-corrected chi connectivity index (χ3v) is 2.80. The molecule has 120 valence electrons. The van der Waals surface area contributed by atoms with Crippen LogP contribution in [0.1, 0.15) is 24.4 Å². The smallest absolute Gasteiger partial charge is 0.303 e. The molecule has 8 heteroatoms. The molecule has 1 atom stereocenters. The number of hydrogen-bond acceptors (Lipinski definition) is 5. The summed E-state index contributed by atoms with van der Waals surface area (Å²) in [5.74, 6) is -2.20. The Morgan fingerprint density at radius 2 is 1.77 bits per heavy atom. The Kier molecular flexibility index (Phi) is 6.84. The van der Waals surface area contributed by atoms with Crippen LogP contribution in [0.5, 0.6) is 5.75 Å². The minimum atomic E-state index is -1.04. The molecule has 1 rings (SSSR count). The number of aliphatic hydroxyl groups is 1. The van der Waals surface area contributed by atoms with E-state index in [4.69, 9.17) is 10.2 Å². The maximum Gasteiger partial charge on any atom is 0.303 e. The van der Waals surface area contributed by atoms with Crippen LogP contribution in [-0.2, 0) is 14.4 Å². The van der Waals surface area contributed by atoms with Crippen molar-refractivity contribution in [3.8, 4) is 5.75 Å². The fourth-order valence-electron chi connectivity index (χ4n) is 1.73. The van der Waals surface area contributed by atoms with Gasteiger partial charge in [-0.15, -0.1) is 0 Å². The average Bonchev–Trinajstić information content (AvgIpc) is 2.49. The summed E-state index contributed by atoms with van der Waals surface area (Å²) in [6, 6.07) is 4.63. The second-order valence-electron chi connectivity index (χ2n) is 4.54. The lowest BCUT2D eigenvalue weighted by Gasteiger charge is -2.18. The summed E-state index contributed by atoms with van der Waals surface area (Å²) in [4.78, 5) is 33.8. The van der Waals surface area contributed by atoms with E-state index in [1.165, 1.54) is 24.3 Å². The Bertz CT molecular complexity index is 529. The van der Waals surface area contributed by atoms with Gasteiger partial charge in [0.15, 0.2) is 0 Å². The van der Waals surface area contributed by atoms with Crippen LogP contribution in [0, 0.1) is 0 Å². The van der Waals surface area contributed by atoms with E-state index in [0.29, 0.717) is 5.56 Å². The van der Waals surface area contributed by atoms with Crippen LogP contribution < -0.4 is 10.6 Å². The molecule has 0 aliphatic heterocycles. The lowest BCUT2D eigenvalue weighted by Crippen LogP contribution is -2.41. The summed E-state index contributed by atoms with van der Waals surface area (Å²) in [5.41, 5.74) is 0.426. The first kappa shape index (κ1) is 17.4. The third-order valence-electron chi connectivity index (χ3n) is 2.80. The first-order chi connectivity index (χ1) is 10.4. The highest BCUT2D eigenvalue weighted by Gasteiger charge is 2.22. The topological polar surface area (TPSA) is 136 Å². The molecule has 0 aromatic heterocycles. The zero-order valence-corrected chi connectivity index (χ0v) is 11.8. The molecule has 0 saturated heterocycles. The standard InChI is InChI=1S/C14H18N2O6/c17-8-11(19)16-13(9-3-5-10(18)6-4-9)14(22)15-7-1-2-12(20)21/h3-6,13,17-18H,1-2,7-8H2,(H,15,22)(H,16,19)(H,20,21)/t13-/m1/s1. The summed E-state index contributed by atoms with van der Waals surface area (Å²) in [6.07, 6.45) is 0.185.